The second-order valence-corrected chi connectivity index (χ2v) is 8.27. The normalized spacial score (nSPS) is 30.5. The van der Waals surface area contributed by atoms with E-state index in [1.807, 2.05) is 6.07 Å². The van der Waals surface area contributed by atoms with Crippen LogP contribution in [0.4, 0.5) is 0 Å². The molecule has 0 amide bonds. The minimum Gasteiger partial charge on any atom is -0.716 e. The van der Waals surface area contributed by atoms with E-state index >= 15 is 0 Å². The summed E-state index contributed by atoms with van der Waals surface area (Å²) in [6, 6.07) is 5.06. The number of hydrogen-bond acceptors (Lipinski definition) is 5. The molecule has 0 heterocycles. The maximum atomic E-state index is 12.3. The van der Waals surface area contributed by atoms with Crippen LogP contribution in [0.5, 0.6) is 5.75 Å². The minimum atomic E-state index is -4.76. The monoisotopic (exact) mass is 370 g/mol. The van der Waals surface area contributed by atoms with Crippen molar-refractivity contribution in [2.24, 2.45) is 11.3 Å². The molecule has 3 unspecified atom stereocenters. The number of rotatable bonds is 2. The van der Waals surface area contributed by atoms with Crippen molar-refractivity contribution in [1.82, 2.24) is 0 Å². The zero-order valence-electron chi connectivity index (χ0n) is 14.4. The van der Waals surface area contributed by atoms with Crippen LogP contribution in [0.2, 0.25) is 0 Å². The summed E-state index contributed by atoms with van der Waals surface area (Å²) in [5.74, 6) is 1.07. The van der Waals surface area contributed by atoms with Crippen molar-refractivity contribution < 1.29 is 51.5 Å². The van der Waals surface area contributed by atoms with Crippen molar-refractivity contribution in [3.63, 3.8) is 0 Å². The Hall–Kier alpha value is -0.660. The fourth-order valence-corrected chi connectivity index (χ4v) is 5.23. The molecule has 1 aromatic carbocycles. The van der Waals surface area contributed by atoms with E-state index in [2.05, 4.69) is 17.2 Å². The first-order valence-electron chi connectivity index (χ1n) is 8.29. The van der Waals surface area contributed by atoms with Crippen molar-refractivity contribution in [1.29, 1.82) is 0 Å². The maximum absolute atomic E-state index is 12.3. The van der Waals surface area contributed by atoms with E-state index in [0.29, 0.717) is 24.5 Å². The molecule has 3 aliphatic rings. The fraction of sp³-hybridized carbons (Fsp3) is 0.500. The number of benzene rings is 1. The molecule has 2 saturated carbocycles. The van der Waals surface area contributed by atoms with Gasteiger partial charge in [0, 0.05) is 17.8 Å². The maximum Gasteiger partial charge on any atom is 1.00 e. The van der Waals surface area contributed by atoms with Crippen LogP contribution in [-0.2, 0) is 21.6 Å². The van der Waals surface area contributed by atoms with Crippen LogP contribution < -0.4 is 33.7 Å². The number of ketones is 1. The summed E-state index contributed by atoms with van der Waals surface area (Å²) < 4.78 is 36.8. The van der Waals surface area contributed by atoms with Crippen LogP contribution in [0.3, 0.4) is 0 Å². The van der Waals surface area contributed by atoms with Gasteiger partial charge in [-0.3, -0.25) is 4.79 Å². The van der Waals surface area contributed by atoms with Crippen LogP contribution in [0.15, 0.2) is 29.8 Å². The van der Waals surface area contributed by atoms with Gasteiger partial charge in [0.25, 0.3) is 10.4 Å². The average molecular weight is 370 g/mol. The van der Waals surface area contributed by atoms with Gasteiger partial charge in [0.1, 0.15) is 11.5 Å². The van der Waals surface area contributed by atoms with E-state index in [9.17, 15) is 17.8 Å². The summed E-state index contributed by atoms with van der Waals surface area (Å²) >= 11 is 0. The smallest absolute Gasteiger partial charge is 0.716 e. The Labute approximate surface area is 170 Å². The van der Waals surface area contributed by atoms with Gasteiger partial charge in [0.2, 0.25) is 0 Å². The Morgan fingerprint density at radius 3 is 2.76 bits per heavy atom. The molecule has 0 spiro atoms. The van der Waals surface area contributed by atoms with Crippen LogP contribution in [0.1, 0.15) is 49.7 Å². The number of allylic oxidation sites excluding steroid dienone is 2. The Bertz CT molecular complexity index is 860. The van der Waals surface area contributed by atoms with Crippen LogP contribution in [-0.4, -0.2) is 18.8 Å². The molecule has 0 radical (unpaired) electrons. The molecule has 0 saturated heterocycles. The Kier molecular flexibility index (Phi) is 4.97. The molecule has 7 heteroatoms. The van der Waals surface area contributed by atoms with Gasteiger partial charge in [-0.1, -0.05) is 24.6 Å². The summed E-state index contributed by atoms with van der Waals surface area (Å²) in [4.78, 5) is 12.3. The summed E-state index contributed by atoms with van der Waals surface area (Å²) in [6.07, 6.45) is 6.30. The number of carbonyl (C=O) groups excluding carboxylic acids is 1. The molecule has 128 valence electrons. The molecule has 0 bridgehead atoms. The Morgan fingerprint density at radius 1 is 1.28 bits per heavy atom. The second-order valence-electron chi connectivity index (χ2n) is 7.28. The van der Waals surface area contributed by atoms with Crippen LogP contribution >= 0.6 is 0 Å². The molecular formula is C18H19NaO5S. The molecule has 0 aromatic heterocycles. The predicted octanol–water partition coefficient (Wildman–Crippen LogP) is -0.125. The Morgan fingerprint density at radius 2 is 2.04 bits per heavy atom. The molecular weight excluding hydrogens is 351 g/mol. The first-order chi connectivity index (χ1) is 11.3. The van der Waals surface area contributed by atoms with Crippen molar-refractivity contribution >= 4 is 16.2 Å². The van der Waals surface area contributed by atoms with E-state index < -0.39 is 10.4 Å². The predicted molar refractivity (Wildman–Crippen MR) is 86.4 cm³/mol. The fourth-order valence-electron chi connectivity index (χ4n) is 4.89. The van der Waals surface area contributed by atoms with E-state index in [-0.39, 0.29) is 46.6 Å². The molecule has 4 rings (SSSR count). The quantitative estimate of drug-likeness (QED) is 0.314. The first-order valence-corrected chi connectivity index (χ1v) is 9.63. The molecule has 25 heavy (non-hydrogen) atoms. The van der Waals surface area contributed by atoms with Gasteiger partial charge in [0.05, 0.1) is 0 Å². The summed E-state index contributed by atoms with van der Waals surface area (Å²) in [5.41, 5.74) is 3.33. The Balaban J connectivity index is 0.00000182. The molecule has 3 atom stereocenters. The minimum absolute atomic E-state index is 0. The van der Waals surface area contributed by atoms with Crippen LogP contribution in [0, 0.1) is 11.3 Å². The van der Waals surface area contributed by atoms with Gasteiger partial charge in [-0.25, -0.2) is 8.42 Å². The number of hydrogen-bond donors (Lipinski definition) is 0. The molecule has 0 N–H and O–H groups in total. The van der Waals surface area contributed by atoms with Crippen LogP contribution in [0.25, 0.3) is 0 Å². The zero-order chi connectivity index (χ0) is 17.1. The first kappa shape index (κ1) is 19.1. The van der Waals surface area contributed by atoms with E-state index in [4.69, 9.17) is 0 Å². The van der Waals surface area contributed by atoms with Gasteiger partial charge >= 0.3 is 29.6 Å². The van der Waals surface area contributed by atoms with Gasteiger partial charge in [-0.2, -0.15) is 0 Å². The number of fused-ring (bicyclic) bond motifs is 5. The number of Topliss-reactive ketones (excluding diaryl/α,β-unsaturated/α-hetero) is 1. The largest absolute Gasteiger partial charge is 1.00 e. The third-order valence-electron chi connectivity index (χ3n) is 6.07. The third-order valence-corrected chi connectivity index (χ3v) is 6.47. The van der Waals surface area contributed by atoms with E-state index in [1.165, 1.54) is 11.1 Å². The standard InChI is InChI=1S/C18H20O5S.Na/c1-18-9-8-14-13-5-3-12(23-24(20,21)22)10-11(13)2-4-15(14)16(18)6-7-17(18)19;/h3-5,10,14,16H,2,6-9H2,1H3,(H,20,21,22);/q;+1/p-1. The molecule has 2 fully saturated rings. The third kappa shape index (κ3) is 3.23. The second kappa shape index (κ2) is 6.50. The summed E-state index contributed by atoms with van der Waals surface area (Å²) in [7, 11) is -4.76. The van der Waals surface area contributed by atoms with Gasteiger partial charge in [-0.05, 0) is 54.9 Å². The zero-order valence-corrected chi connectivity index (χ0v) is 17.3. The van der Waals surface area contributed by atoms with Crippen molar-refractivity contribution in [2.75, 3.05) is 0 Å². The molecule has 5 nitrogen and oxygen atoms in total. The van der Waals surface area contributed by atoms with Gasteiger partial charge < -0.3 is 8.74 Å². The summed E-state index contributed by atoms with van der Waals surface area (Å²) in [5, 5.41) is 0. The van der Waals surface area contributed by atoms with Gasteiger partial charge in [0.15, 0.2) is 0 Å². The van der Waals surface area contributed by atoms with Crippen molar-refractivity contribution in [3.8, 4) is 5.75 Å². The van der Waals surface area contributed by atoms with Crippen molar-refractivity contribution in [2.45, 2.75) is 44.9 Å². The molecule has 0 aliphatic heterocycles. The van der Waals surface area contributed by atoms with E-state index in [0.717, 1.165) is 24.8 Å². The summed E-state index contributed by atoms with van der Waals surface area (Å²) in [6.45, 7) is 2.11. The average Bonchev–Trinajstić information content (AvgIpc) is 2.81. The topological polar surface area (TPSA) is 83.5 Å². The van der Waals surface area contributed by atoms with Crippen molar-refractivity contribution in [3.05, 3.63) is 41.0 Å². The molecule has 3 aliphatic carbocycles. The van der Waals surface area contributed by atoms with Gasteiger partial charge in [-0.15, -0.1) is 0 Å². The van der Waals surface area contributed by atoms with E-state index in [1.54, 1.807) is 12.1 Å². The number of carbonyl (C=O) groups is 1. The SMILES string of the molecule is CC12CCC3C(=CCc4cc(OS(=O)(=O)[O-])ccc43)C1CCC2=O.[Na+]. The molecule has 1 aromatic rings.